The van der Waals surface area contributed by atoms with Crippen LogP contribution in [0.2, 0.25) is 0 Å². The van der Waals surface area contributed by atoms with E-state index in [0.717, 1.165) is 0 Å². The van der Waals surface area contributed by atoms with Gasteiger partial charge in [0.25, 0.3) is 0 Å². The Balaban J connectivity index is 3.46. The minimum atomic E-state index is 1.24. The van der Waals surface area contributed by atoms with Gasteiger partial charge in [0.2, 0.25) is 0 Å². The summed E-state index contributed by atoms with van der Waals surface area (Å²) < 4.78 is 0. The second kappa shape index (κ2) is 34.6. The van der Waals surface area contributed by atoms with Gasteiger partial charge in [0.15, 0.2) is 0 Å². The molecule has 0 aromatic carbocycles. The van der Waals surface area contributed by atoms with Crippen molar-refractivity contribution in [3.05, 3.63) is 24.3 Å². The summed E-state index contributed by atoms with van der Waals surface area (Å²) in [6.07, 6.45) is 48.6. The third kappa shape index (κ3) is 31.9. The molecule has 0 heterocycles. The van der Waals surface area contributed by atoms with Gasteiger partial charge in [-0.25, -0.2) is 10.0 Å². The van der Waals surface area contributed by atoms with Crippen LogP contribution in [0.3, 0.4) is 0 Å². The standard InChI is InChI=1S/C38H76N2/c1-5-7-9-11-13-15-17-19-21-23-25-27-29-31-33-35-37-40(39(3)4)38-36-34-32-30-28-26-24-22-20-18-16-14-12-10-8-6-2/h19-22H,5-18,23-38H2,1-4H3/b21-19-,22-20-. The molecule has 0 rings (SSSR count). The van der Waals surface area contributed by atoms with Gasteiger partial charge in [-0.15, -0.1) is 0 Å². The van der Waals surface area contributed by atoms with Gasteiger partial charge in [-0.3, -0.25) is 0 Å². The molecule has 0 bridgehead atoms. The summed E-state index contributed by atoms with van der Waals surface area (Å²) in [6, 6.07) is 0. The predicted molar refractivity (Wildman–Crippen MR) is 184 cm³/mol. The van der Waals surface area contributed by atoms with E-state index in [1.54, 1.807) is 0 Å². The molecular formula is C38H76N2. The first-order valence-electron chi connectivity index (χ1n) is 18.4. The molecule has 0 atom stereocenters. The molecule has 0 fully saturated rings. The highest BCUT2D eigenvalue weighted by atomic mass is 15.6. The van der Waals surface area contributed by atoms with E-state index in [-0.39, 0.29) is 0 Å². The first kappa shape index (κ1) is 39.4. The first-order valence-corrected chi connectivity index (χ1v) is 18.4. The van der Waals surface area contributed by atoms with Crippen molar-refractivity contribution in [2.45, 2.75) is 194 Å². The number of hydrogen-bond acceptors (Lipinski definition) is 2. The van der Waals surface area contributed by atoms with Crippen LogP contribution in [-0.2, 0) is 0 Å². The highest BCUT2D eigenvalue weighted by molar-refractivity contribution is 4.82. The highest BCUT2D eigenvalue weighted by Crippen LogP contribution is 2.13. The fourth-order valence-electron chi connectivity index (χ4n) is 5.60. The summed E-state index contributed by atoms with van der Waals surface area (Å²) in [5.41, 5.74) is 0. The molecule has 0 aromatic heterocycles. The lowest BCUT2D eigenvalue weighted by Gasteiger charge is -2.29. The van der Waals surface area contributed by atoms with Gasteiger partial charge in [0.05, 0.1) is 0 Å². The van der Waals surface area contributed by atoms with E-state index in [1.165, 1.54) is 193 Å². The van der Waals surface area contributed by atoms with Crippen LogP contribution in [0.1, 0.15) is 194 Å². The fourth-order valence-corrected chi connectivity index (χ4v) is 5.60. The normalized spacial score (nSPS) is 12.2. The maximum Gasteiger partial charge on any atom is 0.0133 e. The third-order valence-corrected chi connectivity index (χ3v) is 8.42. The van der Waals surface area contributed by atoms with E-state index < -0.39 is 0 Å². The van der Waals surface area contributed by atoms with Crippen molar-refractivity contribution in [3.63, 3.8) is 0 Å². The van der Waals surface area contributed by atoms with Crippen molar-refractivity contribution in [1.82, 2.24) is 10.0 Å². The van der Waals surface area contributed by atoms with Crippen molar-refractivity contribution < 1.29 is 0 Å². The molecule has 0 aromatic rings. The highest BCUT2D eigenvalue weighted by Gasteiger charge is 2.06. The van der Waals surface area contributed by atoms with Crippen molar-refractivity contribution in [2.24, 2.45) is 0 Å². The van der Waals surface area contributed by atoms with E-state index in [1.807, 2.05) is 0 Å². The van der Waals surface area contributed by atoms with Crippen molar-refractivity contribution in [1.29, 1.82) is 0 Å². The Morgan fingerprint density at radius 1 is 0.325 bits per heavy atom. The second-order valence-corrected chi connectivity index (χ2v) is 12.7. The maximum absolute atomic E-state index is 2.57. The minimum absolute atomic E-state index is 1.24. The molecule has 0 amide bonds. The van der Waals surface area contributed by atoms with E-state index in [2.05, 4.69) is 62.3 Å². The van der Waals surface area contributed by atoms with Crippen LogP contribution in [0.4, 0.5) is 0 Å². The molecule has 0 unspecified atom stereocenters. The molecule has 0 saturated heterocycles. The average molecular weight is 561 g/mol. The van der Waals surface area contributed by atoms with Gasteiger partial charge in [-0.1, -0.05) is 154 Å². The van der Waals surface area contributed by atoms with E-state index in [4.69, 9.17) is 0 Å². The number of rotatable bonds is 33. The predicted octanol–water partition coefficient (Wildman–Crippen LogP) is 12.8. The summed E-state index contributed by atoms with van der Waals surface area (Å²) in [6.45, 7) is 7.06. The number of unbranched alkanes of at least 4 members (excludes halogenated alkanes) is 24. The van der Waals surface area contributed by atoms with Crippen LogP contribution < -0.4 is 0 Å². The first-order chi connectivity index (χ1) is 19.7. The number of allylic oxidation sites excluding steroid dienone is 4. The molecule has 0 aliphatic rings. The molecule has 0 aliphatic carbocycles. The lowest BCUT2D eigenvalue weighted by Crippen LogP contribution is -2.38. The van der Waals surface area contributed by atoms with E-state index in [0.29, 0.717) is 0 Å². The monoisotopic (exact) mass is 561 g/mol. The Morgan fingerprint density at radius 2 is 0.575 bits per heavy atom. The van der Waals surface area contributed by atoms with E-state index in [9.17, 15) is 0 Å². The number of hydrazine groups is 1. The Bertz CT molecular complexity index is 468. The molecule has 0 aliphatic heterocycles. The molecule has 2 heteroatoms. The van der Waals surface area contributed by atoms with Gasteiger partial charge in [0.1, 0.15) is 0 Å². The quantitative estimate of drug-likeness (QED) is 0.0447. The van der Waals surface area contributed by atoms with Crippen LogP contribution >= 0.6 is 0 Å². The van der Waals surface area contributed by atoms with Gasteiger partial charge in [-0.05, 0) is 64.2 Å². The molecule has 40 heavy (non-hydrogen) atoms. The molecule has 2 nitrogen and oxygen atoms in total. The number of nitrogens with zero attached hydrogens (tertiary/aromatic N) is 2. The smallest absolute Gasteiger partial charge is 0.0133 e. The fraction of sp³-hybridized carbons (Fsp3) is 0.895. The molecule has 238 valence electrons. The molecule has 0 saturated carbocycles. The topological polar surface area (TPSA) is 6.48 Å². The van der Waals surface area contributed by atoms with Gasteiger partial charge in [0, 0.05) is 27.2 Å². The summed E-state index contributed by atoms with van der Waals surface area (Å²) in [4.78, 5) is 0. The van der Waals surface area contributed by atoms with Crippen molar-refractivity contribution >= 4 is 0 Å². The zero-order chi connectivity index (χ0) is 29.2. The average Bonchev–Trinajstić information content (AvgIpc) is 2.95. The van der Waals surface area contributed by atoms with Crippen LogP contribution in [0, 0.1) is 0 Å². The SMILES string of the molecule is CCCCCCCC/C=C\CCCCCCCCN(CCCCCCCC/C=C\CCCCCCCC)N(C)C. The third-order valence-electron chi connectivity index (χ3n) is 8.42. The van der Waals surface area contributed by atoms with Gasteiger partial charge < -0.3 is 0 Å². The Morgan fingerprint density at radius 3 is 0.850 bits per heavy atom. The number of hydrogen-bond donors (Lipinski definition) is 0. The van der Waals surface area contributed by atoms with Gasteiger partial charge in [-0.2, -0.15) is 0 Å². The Hall–Kier alpha value is -0.600. The summed E-state index contributed by atoms with van der Waals surface area (Å²) in [5.74, 6) is 0. The van der Waals surface area contributed by atoms with Crippen LogP contribution in [-0.4, -0.2) is 37.2 Å². The summed E-state index contributed by atoms with van der Waals surface area (Å²) >= 11 is 0. The maximum atomic E-state index is 2.57. The van der Waals surface area contributed by atoms with Crippen molar-refractivity contribution in [3.8, 4) is 0 Å². The van der Waals surface area contributed by atoms with Crippen LogP contribution in [0.5, 0.6) is 0 Å². The van der Waals surface area contributed by atoms with Crippen LogP contribution in [0.25, 0.3) is 0 Å². The molecule has 0 spiro atoms. The lowest BCUT2D eigenvalue weighted by atomic mass is 10.1. The van der Waals surface area contributed by atoms with E-state index >= 15 is 0 Å². The Kier molecular flexibility index (Phi) is 34.1. The summed E-state index contributed by atoms with van der Waals surface area (Å²) in [5, 5.41) is 4.90. The Labute approximate surface area is 254 Å². The largest absolute Gasteiger partial charge is 0.248 e. The molecular weight excluding hydrogens is 484 g/mol. The minimum Gasteiger partial charge on any atom is -0.248 e. The van der Waals surface area contributed by atoms with Crippen LogP contribution in [0.15, 0.2) is 24.3 Å². The lowest BCUT2D eigenvalue weighted by molar-refractivity contribution is 0.0216. The summed E-state index contributed by atoms with van der Waals surface area (Å²) in [7, 11) is 4.44. The van der Waals surface area contributed by atoms with Gasteiger partial charge >= 0.3 is 0 Å². The molecule has 0 radical (unpaired) electrons. The zero-order valence-electron chi connectivity index (χ0n) is 28.4. The molecule has 0 N–H and O–H groups in total. The zero-order valence-corrected chi connectivity index (χ0v) is 28.4. The second-order valence-electron chi connectivity index (χ2n) is 12.7. The van der Waals surface area contributed by atoms with Crippen molar-refractivity contribution in [2.75, 3.05) is 27.2 Å².